The minimum atomic E-state index is -0.564. The predicted octanol–water partition coefficient (Wildman–Crippen LogP) is 1.53. The standard InChI is InChI=1S/C11H16N2O4/c1-3-15-11(14)7-9(12)17-10(13-7)8-6(2)4-5-16-8/h6,8H,3-5,12H2,1-2H3. The van der Waals surface area contributed by atoms with E-state index in [1.54, 1.807) is 6.92 Å². The lowest BCUT2D eigenvalue weighted by atomic mass is 10.0. The van der Waals surface area contributed by atoms with Crippen molar-refractivity contribution in [2.24, 2.45) is 5.92 Å². The number of oxazole rings is 1. The summed E-state index contributed by atoms with van der Waals surface area (Å²) in [6, 6.07) is 0. The number of rotatable bonds is 3. The molecule has 17 heavy (non-hydrogen) atoms. The van der Waals surface area contributed by atoms with Gasteiger partial charge < -0.3 is 19.6 Å². The molecule has 1 aliphatic heterocycles. The fraction of sp³-hybridized carbons (Fsp3) is 0.636. The second kappa shape index (κ2) is 4.75. The highest BCUT2D eigenvalue weighted by Crippen LogP contribution is 2.34. The molecular formula is C11H16N2O4. The molecule has 1 fully saturated rings. The Kier molecular flexibility index (Phi) is 3.33. The molecule has 0 saturated carbocycles. The zero-order valence-corrected chi connectivity index (χ0v) is 9.93. The van der Waals surface area contributed by atoms with Gasteiger partial charge >= 0.3 is 5.97 Å². The van der Waals surface area contributed by atoms with Crippen LogP contribution in [0.4, 0.5) is 5.88 Å². The molecule has 1 aromatic heterocycles. The van der Waals surface area contributed by atoms with Crippen molar-refractivity contribution in [2.75, 3.05) is 18.9 Å². The number of nitrogens with zero attached hydrogens (tertiary/aromatic N) is 1. The van der Waals surface area contributed by atoms with Crippen molar-refractivity contribution in [1.29, 1.82) is 0 Å². The third-order valence-corrected chi connectivity index (χ3v) is 2.77. The van der Waals surface area contributed by atoms with Gasteiger partial charge in [0.2, 0.25) is 17.5 Å². The topological polar surface area (TPSA) is 87.6 Å². The van der Waals surface area contributed by atoms with E-state index in [1.807, 2.05) is 6.92 Å². The van der Waals surface area contributed by atoms with E-state index in [9.17, 15) is 4.79 Å². The van der Waals surface area contributed by atoms with Gasteiger partial charge in [-0.15, -0.1) is 0 Å². The molecule has 0 spiro atoms. The summed E-state index contributed by atoms with van der Waals surface area (Å²) in [6.07, 6.45) is 0.724. The molecule has 0 aliphatic carbocycles. The average Bonchev–Trinajstić information content (AvgIpc) is 2.84. The van der Waals surface area contributed by atoms with Crippen LogP contribution in [0.2, 0.25) is 0 Å². The molecule has 2 atom stereocenters. The lowest BCUT2D eigenvalue weighted by molar-refractivity contribution is 0.0519. The molecule has 0 amide bonds. The Morgan fingerprint density at radius 2 is 2.41 bits per heavy atom. The van der Waals surface area contributed by atoms with Crippen LogP contribution in [0.25, 0.3) is 0 Å². The van der Waals surface area contributed by atoms with Crippen molar-refractivity contribution >= 4 is 11.9 Å². The number of hydrogen-bond donors (Lipinski definition) is 1. The maximum Gasteiger partial charge on any atom is 0.362 e. The number of carbonyl (C=O) groups excluding carboxylic acids is 1. The van der Waals surface area contributed by atoms with Crippen LogP contribution in [0, 0.1) is 5.92 Å². The maximum absolute atomic E-state index is 11.5. The number of ether oxygens (including phenoxy) is 2. The van der Waals surface area contributed by atoms with Gasteiger partial charge in [-0.1, -0.05) is 6.92 Å². The molecule has 0 radical (unpaired) electrons. The first-order chi connectivity index (χ1) is 8.13. The fourth-order valence-electron chi connectivity index (χ4n) is 1.83. The number of carbonyl (C=O) groups is 1. The summed E-state index contributed by atoms with van der Waals surface area (Å²) in [6.45, 7) is 4.71. The molecule has 6 heteroatoms. The van der Waals surface area contributed by atoms with E-state index >= 15 is 0 Å². The van der Waals surface area contributed by atoms with Crippen LogP contribution >= 0.6 is 0 Å². The van der Waals surface area contributed by atoms with Crippen molar-refractivity contribution in [1.82, 2.24) is 4.98 Å². The number of anilines is 1. The lowest BCUT2D eigenvalue weighted by Gasteiger charge is -2.08. The van der Waals surface area contributed by atoms with Crippen molar-refractivity contribution < 1.29 is 18.7 Å². The lowest BCUT2D eigenvalue weighted by Crippen LogP contribution is -2.09. The van der Waals surface area contributed by atoms with Gasteiger partial charge in [0.1, 0.15) is 6.10 Å². The van der Waals surface area contributed by atoms with Crippen LogP contribution in [0.3, 0.4) is 0 Å². The highest BCUT2D eigenvalue weighted by Gasteiger charge is 2.32. The quantitative estimate of drug-likeness (QED) is 0.806. The molecule has 2 N–H and O–H groups in total. The Bertz CT molecular complexity index is 416. The molecule has 2 rings (SSSR count). The van der Waals surface area contributed by atoms with E-state index in [2.05, 4.69) is 4.98 Å². The first kappa shape index (κ1) is 11.9. The predicted molar refractivity (Wildman–Crippen MR) is 59.3 cm³/mol. The van der Waals surface area contributed by atoms with Crippen LogP contribution in [-0.2, 0) is 9.47 Å². The normalized spacial score (nSPS) is 23.9. The van der Waals surface area contributed by atoms with Gasteiger partial charge in [-0.05, 0) is 19.3 Å². The Balaban J connectivity index is 2.21. The van der Waals surface area contributed by atoms with Crippen LogP contribution in [0.5, 0.6) is 0 Å². The Morgan fingerprint density at radius 1 is 1.65 bits per heavy atom. The summed E-state index contributed by atoms with van der Waals surface area (Å²) in [5.41, 5.74) is 5.63. The molecule has 6 nitrogen and oxygen atoms in total. The van der Waals surface area contributed by atoms with E-state index < -0.39 is 5.97 Å². The molecule has 94 valence electrons. The van der Waals surface area contributed by atoms with Gasteiger partial charge in [0.25, 0.3) is 0 Å². The van der Waals surface area contributed by atoms with E-state index in [4.69, 9.17) is 19.6 Å². The molecule has 1 saturated heterocycles. The SMILES string of the molecule is CCOC(=O)c1nc(C2OCCC2C)oc1N. The van der Waals surface area contributed by atoms with Crippen molar-refractivity contribution in [3.8, 4) is 0 Å². The second-order valence-corrected chi connectivity index (χ2v) is 4.04. The van der Waals surface area contributed by atoms with Gasteiger partial charge in [0.15, 0.2) is 0 Å². The Hall–Kier alpha value is -1.56. The Morgan fingerprint density at radius 3 is 3.00 bits per heavy atom. The fourth-order valence-corrected chi connectivity index (χ4v) is 1.83. The van der Waals surface area contributed by atoms with E-state index in [1.165, 1.54) is 0 Å². The van der Waals surface area contributed by atoms with Crippen molar-refractivity contribution in [3.63, 3.8) is 0 Å². The minimum absolute atomic E-state index is 0.0128. The van der Waals surface area contributed by atoms with Gasteiger partial charge in [-0.2, -0.15) is 0 Å². The number of nitrogens with two attached hydrogens (primary N) is 1. The number of hydrogen-bond acceptors (Lipinski definition) is 6. The molecule has 1 aliphatic rings. The summed E-state index contributed by atoms with van der Waals surface area (Å²) in [4.78, 5) is 15.6. The molecular weight excluding hydrogens is 224 g/mol. The van der Waals surface area contributed by atoms with Crippen LogP contribution in [0.15, 0.2) is 4.42 Å². The highest BCUT2D eigenvalue weighted by molar-refractivity contribution is 5.91. The molecule has 1 aromatic rings. The maximum atomic E-state index is 11.5. The van der Waals surface area contributed by atoms with Crippen molar-refractivity contribution in [3.05, 3.63) is 11.6 Å². The zero-order chi connectivity index (χ0) is 12.4. The monoisotopic (exact) mass is 240 g/mol. The van der Waals surface area contributed by atoms with Crippen LogP contribution in [0.1, 0.15) is 42.8 Å². The van der Waals surface area contributed by atoms with Gasteiger partial charge in [-0.3, -0.25) is 0 Å². The summed E-state index contributed by atoms with van der Waals surface area (Å²) in [7, 11) is 0. The summed E-state index contributed by atoms with van der Waals surface area (Å²) in [5, 5.41) is 0. The molecule has 0 aromatic carbocycles. The average molecular weight is 240 g/mol. The minimum Gasteiger partial charge on any atom is -0.461 e. The third kappa shape index (κ3) is 2.26. The second-order valence-electron chi connectivity index (χ2n) is 4.04. The first-order valence-electron chi connectivity index (χ1n) is 5.68. The number of aromatic nitrogens is 1. The third-order valence-electron chi connectivity index (χ3n) is 2.77. The molecule has 2 heterocycles. The van der Waals surface area contributed by atoms with Crippen LogP contribution < -0.4 is 5.73 Å². The zero-order valence-electron chi connectivity index (χ0n) is 9.93. The molecule has 0 bridgehead atoms. The summed E-state index contributed by atoms with van der Waals surface area (Å²) < 4.78 is 15.6. The van der Waals surface area contributed by atoms with Gasteiger partial charge in [-0.25, -0.2) is 9.78 Å². The summed E-state index contributed by atoms with van der Waals surface area (Å²) in [5.74, 6) is 0.0884. The summed E-state index contributed by atoms with van der Waals surface area (Å²) >= 11 is 0. The van der Waals surface area contributed by atoms with E-state index in [0.29, 0.717) is 18.4 Å². The van der Waals surface area contributed by atoms with Crippen molar-refractivity contribution in [2.45, 2.75) is 26.4 Å². The van der Waals surface area contributed by atoms with E-state index in [-0.39, 0.29) is 24.3 Å². The smallest absolute Gasteiger partial charge is 0.362 e. The number of esters is 1. The number of nitrogen functional groups attached to an aromatic ring is 1. The Labute approximate surface area is 99.1 Å². The van der Waals surface area contributed by atoms with E-state index in [0.717, 1.165) is 6.42 Å². The van der Waals surface area contributed by atoms with Crippen LogP contribution in [-0.4, -0.2) is 24.2 Å². The van der Waals surface area contributed by atoms with Gasteiger partial charge in [0.05, 0.1) is 6.61 Å². The largest absolute Gasteiger partial charge is 0.461 e. The van der Waals surface area contributed by atoms with Gasteiger partial charge in [0, 0.05) is 6.61 Å². The first-order valence-corrected chi connectivity index (χ1v) is 5.68. The molecule has 2 unspecified atom stereocenters. The highest BCUT2D eigenvalue weighted by atomic mass is 16.5.